The molecule has 0 aliphatic heterocycles. The molecule has 1 N–H and O–H groups in total. The van der Waals surface area contributed by atoms with Crippen molar-refractivity contribution >= 4 is 62.3 Å². The number of para-hydroxylation sites is 1. The summed E-state index contributed by atoms with van der Waals surface area (Å²) in [5.41, 5.74) is 1.54. The zero-order valence-electron chi connectivity index (χ0n) is 24.0. The van der Waals surface area contributed by atoms with Gasteiger partial charge >= 0.3 is 0 Å². The fourth-order valence-corrected chi connectivity index (χ4v) is 6.69. The lowest BCUT2D eigenvalue weighted by Gasteiger charge is -2.34. The van der Waals surface area contributed by atoms with E-state index in [1.165, 1.54) is 29.2 Å². The summed E-state index contributed by atoms with van der Waals surface area (Å²) in [7, 11) is -4.23. The van der Waals surface area contributed by atoms with Gasteiger partial charge in [0, 0.05) is 40.1 Å². The van der Waals surface area contributed by atoms with Crippen LogP contribution in [0.4, 0.5) is 5.69 Å². The van der Waals surface area contributed by atoms with E-state index in [2.05, 4.69) is 5.32 Å². The number of halogens is 3. The molecule has 0 radical (unpaired) electrons. The lowest BCUT2D eigenvalue weighted by Crippen LogP contribution is -2.53. The lowest BCUT2D eigenvalue weighted by molar-refractivity contribution is -0.140. The van der Waals surface area contributed by atoms with Crippen molar-refractivity contribution in [3.8, 4) is 0 Å². The number of rotatable bonds is 13. The largest absolute Gasteiger partial charge is 0.354 e. The second-order valence-electron chi connectivity index (χ2n) is 10.0. The van der Waals surface area contributed by atoms with Crippen LogP contribution in [0.15, 0.2) is 108 Å². The van der Waals surface area contributed by atoms with Crippen molar-refractivity contribution in [2.75, 3.05) is 17.4 Å². The second kappa shape index (κ2) is 15.4. The third kappa shape index (κ3) is 8.33. The van der Waals surface area contributed by atoms with E-state index in [9.17, 15) is 18.0 Å². The van der Waals surface area contributed by atoms with Crippen molar-refractivity contribution in [1.82, 2.24) is 10.2 Å². The minimum atomic E-state index is -4.23. The van der Waals surface area contributed by atoms with Gasteiger partial charge in [0.25, 0.3) is 10.0 Å². The number of carbonyl (C=O) groups is 2. The molecule has 7 nitrogen and oxygen atoms in total. The van der Waals surface area contributed by atoms with E-state index in [4.69, 9.17) is 34.8 Å². The third-order valence-electron chi connectivity index (χ3n) is 6.94. The summed E-state index contributed by atoms with van der Waals surface area (Å²) in [6.45, 7) is 1.61. The van der Waals surface area contributed by atoms with Crippen LogP contribution in [0.2, 0.25) is 15.1 Å². The predicted octanol–water partition coefficient (Wildman–Crippen LogP) is 7.01. The molecule has 4 aromatic carbocycles. The molecule has 0 saturated carbocycles. The first-order valence-corrected chi connectivity index (χ1v) is 16.6. The zero-order valence-corrected chi connectivity index (χ0v) is 27.1. The molecular formula is C33H32Cl3N3O4S. The average molecular weight is 673 g/mol. The summed E-state index contributed by atoms with van der Waals surface area (Å²) in [4.78, 5) is 29.5. The van der Waals surface area contributed by atoms with Crippen molar-refractivity contribution in [2.45, 2.75) is 37.2 Å². The molecule has 2 amide bonds. The highest BCUT2D eigenvalue weighted by Gasteiger charge is 2.35. The summed E-state index contributed by atoms with van der Waals surface area (Å²) >= 11 is 19.1. The van der Waals surface area contributed by atoms with Crippen molar-refractivity contribution in [1.29, 1.82) is 0 Å². The first-order chi connectivity index (χ1) is 21.1. The van der Waals surface area contributed by atoms with Gasteiger partial charge in [-0.05, 0) is 60.5 Å². The van der Waals surface area contributed by atoms with E-state index >= 15 is 0 Å². The molecule has 4 rings (SSSR count). The summed E-state index contributed by atoms with van der Waals surface area (Å²) in [6.07, 6.45) is 0.870. The Hall–Kier alpha value is -3.56. The van der Waals surface area contributed by atoms with Gasteiger partial charge in [0.15, 0.2) is 0 Å². The highest BCUT2D eigenvalue weighted by atomic mass is 35.5. The van der Waals surface area contributed by atoms with Gasteiger partial charge in [0.2, 0.25) is 11.8 Å². The van der Waals surface area contributed by atoms with Gasteiger partial charge < -0.3 is 10.2 Å². The molecule has 0 saturated heterocycles. The topological polar surface area (TPSA) is 86.8 Å². The highest BCUT2D eigenvalue weighted by Crippen LogP contribution is 2.29. The molecule has 4 aromatic rings. The number of nitrogens with one attached hydrogen (secondary N) is 1. The number of anilines is 1. The molecule has 0 fully saturated rings. The SMILES string of the molecule is CCCNC(=O)[C@H](Cc1ccccc1)N(Cc1c(Cl)cccc1Cl)C(=O)CN(c1ccccc1)S(=O)(=O)c1ccc(Cl)cc1. The summed E-state index contributed by atoms with van der Waals surface area (Å²) in [5, 5.41) is 3.91. The van der Waals surface area contributed by atoms with Crippen LogP contribution in [0.5, 0.6) is 0 Å². The normalized spacial score (nSPS) is 11.9. The Labute approximate surface area is 273 Å². The number of hydrogen-bond donors (Lipinski definition) is 1. The Morgan fingerprint density at radius 2 is 1.39 bits per heavy atom. The summed E-state index contributed by atoms with van der Waals surface area (Å²) < 4.78 is 29.0. The Bertz CT molecular complexity index is 1650. The second-order valence-corrected chi connectivity index (χ2v) is 13.1. The number of amides is 2. The summed E-state index contributed by atoms with van der Waals surface area (Å²) in [6, 6.07) is 27.3. The fraction of sp³-hybridized carbons (Fsp3) is 0.212. The van der Waals surface area contributed by atoms with E-state index in [-0.39, 0.29) is 29.5 Å². The monoisotopic (exact) mass is 671 g/mol. The minimum absolute atomic E-state index is 0.0409. The summed E-state index contributed by atoms with van der Waals surface area (Å²) in [5.74, 6) is -0.992. The number of sulfonamides is 1. The van der Waals surface area contributed by atoms with E-state index in [0.29, 0.717) is 33.6 Å². The van der Waals surface area contributed by atoms with Gasteiger partial charge in [-0.25, -0.2) is 8.42 Å². The molecule has 0 heterocycles. The van der Waals surface area contributed by atoms with Gasteiger partial charge in [-0.1, -0.05) is 96.3 Å². The van der Waals surface area contributed by atoms with Crippen molar-refractivity contribution in [3.05, 3.63) is 129 Å². The molecule has 230 valence electrons. The third-order valence-corrected chi connectivity index (χ3v) is 9.68. The van der Waals surface area contributed by atoms with Crippen LogP contribution in [0.25, 0.3) is 0 Å². The average Bonchev–Trinajstić information content (AvgIpc) is 3.02. The van der Waals surface area contributed by atoms with E-state index in [1.807, 2.05) is 37.3 Å². The maximum Gasteiger partial charge on any atom is 0.264 e. The Balaban J connectivity index is 1.81. The number of benzene rings is 4. The fourth-order valence-electron chi connectivity index (χ4n) is 4.63. The highest BCUT2D eigenvalue weighted by molar-refractivity contribution is 7.92. The Kier molecular flexibility index (Phi) is 11.7. The molecule has 0 aliphatic rings. The molecular weight excluding hydrogens is 641 g/mol. The molecule has 0 spiro atoms. The standard InChI is InChI=1S/C33H32Cl3N3O4S/c1-2-20-37-33(41)31(21-24-10-5-3-6-11-24)38(22-28-29(35)14-9-15-30(28)36)32(40)23-39(26-12-7-4-8-13-26)44(42,43)27-18-16-25(34)17-19-27/h3-19,31H,2,20-23H2,1H3,(H,37,41)/t31-/m0/s1. The molecule has 44 heavy (non-hydrogen) atoms. The first-order valence-electron chi connectivity index (χ1n) is 14.0. The quantitative estimate of drug-likeness (QED) is 0.166. The van der Waals surface area contributed by atoms with E-state index in [1.54, 1.807) is 48.5 Å². The zero-order chi connectivity index (χ0) is 31.7. The van der Waals surface area contributed by atoms with Crippen molar-refractivity contribution in [3.63, 3.8) is 0 Å². The number of hydrogen-bond acceptors (Lipinski definition) is 4. The van der Waals surface area contributed by atoms with Crippen molar-refractivity contribution in [2.24, 2.45) is 0 Å². The molecule has 0 aromatic heterocycles. The van der Waals surface area contributed by atoms with Crippen LogP contribution in [0, 0.1) is 0 Å². The van der Waals surface area contributed by atoms with E-state index in [0.717, 1.165) is 9.87 Å². The smallest absolute Gasteiger partial charge is 0.264 e. The van der Waals surface area contributed by atoms with Gasteiger partial charge in [0.1, 0.15) is 12.6 Å². The van der Waals surface area contributed by atoms with Gasteiger partial charge in [-0.2, -0.15) is 0 Å². The maximum atomic E-state index is 14.4. The maximum absolute atomic E-state index is 14.4. The van der Waals surface area contributed by atoms with Crippen LogP contribution >= 0.6 is 34.8 Å². The number of nitrogens with zero attached hydrogens (tertiary/aromatic N) is 2. The Morgan fingerprint density at radius 1 is 0.795 bits per heavy atom. The molecule has 0 aliphatic carbocycles. The Morgan fingerprint density at radius 3 is 1.98 bits per heavy atom. The van der Waals surface area contributed by atoms with Gasteiger partial charge in [0.05, 0.1) is 10.6 Å². The molecule has 0 unspecified atom stereocenters. The van der Waals surface area contributed by atoms with E-state index < -0.39 is 28.5 Å². The first kappa shape index (κ1) is 33.3. The van der Waals surface area contributed by atoms with Gasteiger partial charge in [-0.3, -0.25) is 13.9 Å². The van der Waals surface area contributed by atoms with Crippen LogP contribution in [-0.4, -0.2) is 44.3 Å². The lowest BCUT2D eigenvalue weighted by atomic mass is 10.0. The number of carbonyl (C=O) groups excluding carboxylic acids is 2. The predicted molar refractivity (Wildman–Crippen MR) is 177 cm³/mol. The van der Waals surface area contributed by atoms with Crippen LogP contribution in [-0.2, 0) is 32.6 Å². The molecule has 11 heteroatoms. The minimum Gasteiger partial charge on any atom is -0.354 e. The van der Waals surface area contributed by atoms with Crippen LogP contribution in [0.3, 0.4) is 0 Å². The van der Waals surface area contributed by atoms with Gasteiger partial charge in [-0.15, -0.1) is 0 Å². The van der Waals surface area contributed by atoms with Crippen molar-refractivity contribution < 1.29 is 18.0 Å². The van der Waals surface area contributed by atoms with Crippen LogP contribution in [0.1, 0.15) is 24.5 Å². The molecule has 1 atom stereocenters. The molecule has 0 bridgehead atoms. The van der Waals surface area contributed by atoms with Crippen LogP contribution < -0.4 is 9.62 Å².